The summed E-state index contributed by atoms with van der Waals surface area (Å²) in [6.45, 7) is 2.60. The molecule has 1 atom stereocenters. The van der Waals surface area contributed by atoms with Crippen LogP contribution in [0.5, 0.6) is 0 Å². The maximum absolute atomic E-state index is 13.6. The first-order valence-electron chi connectivity index (χ1n) is 12.2. The number of nitrogens with zero attached hydrogens (tertiary/aromatic N) is 2. The highest BCUT2D eigenvalue weighted by molar-refractivity contribution is 7.92. The van der Waals surface area contributed by atoms with Gasteiger partial charge in [-0.15, -0.1) is 0 Å². The Morgan fingerprint density at radius 2 is 1.76 bits per heavy atom. The van der Waals surface area contributed by atoms with Crippen LogP contribution >= 0.6 is 11.6 Å². The van der Waals surface area contributed by atoms with Gasteiger partial charge in [0, 0.05) is 12.6 Å². The normalized spacial score (nSPS) is 15.2. The van der Waals surface area contributed by atoms with Crippen LogP contribution in [0.15, 0.2) is 42.5 Å². The standard InChI is InChI=1S/C26H31ClF3N3O4S/c1-17-8-4-5-9-19(17)15-32(18(2)25(35)31-20-10-6-7-11-20)24(34)16-33(38(3,36)37)21-12-13-23(27)22(14-21)26(28,29)30/h4-5,8-9,12-14,18,20H,6-7,10-11,15-16H2,1-3H3,(H,31,35). The van der Waals surface area contributed by atoms with Gasteiger partial charge in [-0.1, -0.05) is 48.7 Å². The Kier molecular flexibility index (Phi) is 9.35. The molecule has 7 nitrogen and oxygen atoms in total. The van der Waals surface area contributed by atoms with Gasteiger partial charge in [0.15, 0.2) is 0 Å². The van der Waals surface area contributed by atoms with Crippen LogP contribution in [0.3, 0.4) is 0 Å². The van der Waals surface area contributed by atoms with Crippen LogP contribution < -0.4 is 9.62 Å². The molecule has 0 bridgehead atoms. The van der Waals surface area contributed by atoms with E-state index in [-0.39, 0.29) is 24.2 Å². The number of rotatable bonds is 9. The van der Waals surface area contributed by atoms with Crippen LogP contribution in [0.25, 0.3) is 0 Å². The van der Waals surface area contributed by atoms with Gasteiger partial charge >= 0.3 is 6.18 Å². The molecule has 0 spiro atoms. The number of sulfonamides is 1. The van der Waals surface area contributed by atoms with Gasteiger partial charge in [0.05, 0.1) is 22.5 Å². The van der Waals surface area contributed by atoms with Gasteiger partial charge in [-0.05, 0) is 56.0 Å². The van der Waals surface area contributed by atoms with Gasteiger partial charge in [0.2, 0.25) is 21.8 Å². The average molecular weight is 574 g/mol. The smallest absolute Gasteiger partial charge is 0.352 e. The Labute approximate surface area is 226 Å². The summed E-state index contributed by atoms with van der Waals surface area (Å²) in [4.78, 5) is 28.0. The zero-order valence-corrected chi connectivity index (χ0v) is 23.0. The number of halogens is 4. The number of carbonyl (C=O) groups excluding carboxylic acids is 2. The summed E-state index contributed by atoms with van der Waals surface area (Å²) in [6.07, 6.45) is -0.368. The second-order valence-corrected chi connectivity index (χ2v) is 11.9. The summed E-state index contributed by atoms with van der Waals surface area (Å²) in [6, 6.07) is 8.92. The minimum absolute atomic E-state index is 0.00254. The molecule has 1 N–H and O–H groups in total. The molecule has 1 saturated carbocycles. The Morgan fingerprint density at radius 1 is 1.13 bits per heavy atom. The molecule has 0 radical (unpaired) electrons. The van der Waals surface area contributed by atoms with Gasteiger partial charge in [-0.2, -0.15) is 13.2 Å². The van der Waals surface area contributed by atoms with Crippen LogP contribution in [-0.4, -0.2) is 50.0 Å². The Morgan fingerprint density at radius 3 is 2.34 bits per heavy atom. The summed E-state index contributed by atoms with van der Waals surface area (Å²) in [7, 11) is -4.19. The van der Waals surface area contributed by atoms with Crippen molar-refractivity contribution in [3.63, 3.8) is 0 Å². The zero-order valence-electron chi connectivity index (χ0n) is 21.4. The first-order valence-corrected chi connectivity index (χ1v) is 14.4. The molecule has 2 aromatic rings. The fourth-order valence-corrected chi connectivity index (χ4v) is 5.51. The number of anilines is 1. The fourth-order valence-electron chi connectivity index (χ4n) is 4.44. The number of carbonyl (C=O) groups is 2. The third-order valence-corrected chi connectivity index (χ3v) is 8.16. The molecule has 1 aliphatic rings. The first kappa shape index (κ1) is 29.8. The van der Waals surface area contributed by atoms with Crippen LogP contribution in [0.2, 0.25) is 5.02 Å². The maximum atomic E-state index is 13.6. The molecule has 0 aliphatic heterocycles. The van der Waals surface area contributed by atoms with Crippen LogP contribution in [0.1, 0.15) is 49.3 Å². The largest absolute Gasteiger partial charge is 0.417 e. The van der Waals surface area contributed by atoms with E-state index in [1.54, 1.807) is 19.1 Å². The quantitative estimate of drug-likeness (QED) is 0.462. The van der Waals surface area contributed by atoms with Crippen molar-refractivity contribution in [2.24, 2.45) is 0 Å². The molecule has 38 heavy (non-hydrogen) atoms. The minimum atomic E-state index is -4.83. The molecule has 0 aromatic heterocycles. The molecular formula is C26H31ClF3N3O4S. The maximum Gasteiger partial charge on any atom is 0.417 e. The van der Waals surface area contributed by atoms with E-state index >= 15 is 0 Å². The lowest BCUT2D eigenvalue weighted by Gasteiger charge is -2.32. The summed E-state index contributed by atoms with van der Waals surface area (Å²) in [5, 5.41) is 2.36. The highest BCUT2D eigenvalue weighted by Gasteiger charge is 2.36. The summed E-state index contributed by atoms with van der Waals surface area (Å²) >= 11 is 5.70. The molecule has 3 rings (SSSR count). The van der Waals surface area contributed by atoms with Crippen molar-refractivity contribution >= 4 is 39.1 Å². The van der Waals surface area contributed by atoms with E-state index in [1.807, 2.05) is 19.1 Å². The van der Waals surface area contributed by atoms with E-state index in [0.29, 0.717) is 10.4 Å². The van der Waals surface area contributed by atoms with E-state index in [0.717, 1.165) is 55.2 Å². The lowest BCUT2D eigenvalue weighted by molar-refractivity contribution is -0.139. The third-order valence-electron chi connectivity index (χ3n) is 6.69. The van der Waals surface area contributed by atoms with Crippen molar-refractivity contribution in [1.29, 1.82) is 0 Å². The molecule has 1 unspecified atom stereocenters. The van der Waals surface area contributed by atoms with E-state index in [4.69, 9.17) is 11.6 Å². The number of benzene rings is 2. The van der Waals surface area contributed by atoms with Crippen molar-refractivity contribution in [2.75, 3.05) is 17.1 Å². The van der Waals surface area contributed by atoms with Crippen molar-refractivity contribution in [2.45, 2.75) is 64.3 Å². The lowest BCUT2D eigenvalue weighted by atomic mass is 10.1. The average Bonchev–Trinajstić information content (AvgIpc) is 3.33. The van der Waals surface area contributed by atoms with Crippen LogP contribution in [-0.2, 0) is 32.3 Å². The zero-order chi connectivity index (χ0) is 28.3. The van der Waals surface area contributed by atoms with E-state index in [1.165, 1.54) is 4.90 Å². The molecule has 1 aliphatic carbocycles. The number of amides is 2. The third kappa shape index (κ3) is 7.41. The number of alkyl halides is 3. The second kappa shape index (κ2) is 11.9. The first-order chi connectivity index (χ1) is 17.7. The molecule has 0 heterocycles. The van der Waals surface area contributed by atoms with Crippen LogP contribution in [0, 0.1) is 6.92 Å². The minimum Gasteiger partial charge on any atom is -0.352 e. The van der Waals surface area contributed by atoms with E-state index in [9.17, 15) is 31.2 Å². The molecular weight excluding hydrogens is 543 g/mol. The summed E-state index contributed by atoms with van der Waals surface area (Å²) in [5.74, 6) is -1.12. The molecule has 2 amide bonds. The summed E-state index contributed by atoms with van der Waals surface area (Å²) in [5.41, 5.74) is 0.0228. The highest BCUT2D eigenvalue weighted by Crippen LogP contribution is 2.37. The van der Waals surface area contributed by atoms with Gasteiger partial charge in [-0.25, -0.2) is 8.42 Å². The van der Waals surface area contributed by atoms with Gasteiger partial charge in [0.25, 0.3) is 0 Å². The van der Waals surface area contributed by atoms with Gasteiger partial charge in [0.1, 0.15) is 12.6 Å². The van der Waals surface area contributed by atoms with Crippen molar-refractivity contribution in [1.82, 2.24) is 10.2 Å². The Balaban J connectivity index is 1.95. The summed E-state index contributed by atoms with van der Waals surface area (Å²) < 4.78 is 66.2. The highest BCUT2D eigenvalue weighted by atomic mass is 35.5. The van der Waals surface area contributed by atoms with Crippen molar-refractivity contribution in [3.8, 4) is 0 Å². The number of hydrogen-bond acceptors (Lipinski definition) is 4. The topological polar surface area (TPSA) is 86.8 Å². The Bertz CT molecular complexity index is 1280. The monoisotopic (exact) mass is 573 g/mol. The van der Waals surface area contributed by atoms with E-state index < -0.39 is 45.3 Å². The number of nitrogens with one attached hydrogen (secondary N) is 1. The predicted molar refractivity (Wildman–Crippen MR) is 140 cm³/mol. The second-order valence-electron chi connectivity index (χ2n) is 9.55. The number of hydrogen-bond donors (Lipinski definition) is 1. The van der Waals surface area contributed by atoms with Crippen LogP contribution in [0.4, 0.5) is 18.9 Å². The van der Waals surface area contributed by atoms with Crippen molar-refractivity contribution < 1.29 is 31.2 Å². The predicted octanol–water partition coefficient (Wildman–Crippen LogP) is 4.91. The lowest BCUT2D eigenvalue weighted by Crippen LogP contribution is -2.52. The molecule has 2 aromatic carbocycles. The number of aryl methyl sites for hydroxylation is 1. The van der Waals surface area contributed by atoms with E-state index in [2.05, 4.69) is 5.32 Å². The fraction of sp³-hybridized carbons (Fsp3) is 0.462. The van der Waals surface area contributed by atoms with Gasteiger partial charge < -0.3 is 10.2 Å². The molecule has 1 fully saturated rings. The molecule has 208 valence electrons. The van der Waals surface area contributed by atoms with Gasteiger partial charge in [-0.3, -0.25) is 13.9 Å². The van der Waals surface area contributed by atoms with Crippen molar-refractivity contribution in [3.05, 3.63) is 64.2 Å². The molecule has 0 saturated heterocycles. The SMILES string of the molecule is Cc1ccccc1CN(C(=O)CN(c1ccc(Cl)c(C(F)(F)F)c1)S(C)(=O)=O)C(C)C(=O)NC1CCCC1. The molecule has 12 heteroatoms. The Hall–Kier alpha value is -2.79.